The normalized spacial score (nSPS) is 29.2. The highest BCUT2D eigenvalue weighted by molar-refractivity contribution is 8.00. The number of Topliss-reactive ketones (excluding diaryl/α,β-unsaturated/α-hetero) is 1. The molecule has 2 aliphatic carbocycles. The molecule has 0 spiro atoms. The number of thioether (sulfide) groups is 1. The van der Waals surface area contributed by atoms with E-state index in [4.69, 9.17) is 4.98 Å². The summed E-state index contributed by atoms with van der Waals surface area (Å²) in [6, 6.07) is 7.77. The molecule has 0 N–H and O–H groups in total. The van der Waals surface area contributed by atoms with Gasteiger partial charge in [-0.1, -0.05) is 57.0 Å². The molecule has 2 fully saturated rings. The number of carbonyl (C=O) groups is 1. The fourth-order valence-electron chi connectivity index (χ4n) is 4.62. The molecular formula is C22H28N2O2S. The molecule has 5 heteroatoms. The van der Waals surface area contributed by atoms with Gasteiger partial charge in [-0.2, -0.15) is 0 Å². The molecule has 2 saturated carbocycles. The molecular weight excluding hydrogens is 356 g/mol. The predicted molar refractivity (Wildman–Crippen MR) is 110 cm³/mol. The highest BCUT2D eigenvalue weighted by atomic mass is 32.2. The van der Waals surface area contributed by atoms with E-state index in [1.165, 1.54) is 18.2 Å². The first kappa shape index (κ1) is 18.7. The van der Waals surface area contributed by atoms with Crippen LogP contribution < -0.4 is 5.56 Å². The summed E-state index contributed by atoms with van der Waals surface area (Å²) >= 11 is 1.53. The van der Waals surface area contributed by atoms with Crippen molar-refractivity contribution in [2.24, 2.45) is 11.8 Å². The minimum absolute atomic E-state index is 0.0531. The Morgan fingerprint density at radius 2 is 1.85 bits per heavy atom. The summed E-state index contributed by atoms with van der Waals surface area (Å²) in [6.07, 6.45) is 6.99. The molecule has 1 aromatic heterocycles. The first-order chi connectivity index (χ1) is 13.1. The van der Waals surface area contributed by atoms with E-state index in [0.717, 1.165) is 42.8 Å². The molecule has 0 radical (unpaired) electrons. The lowest BCUT2D eigenvalue weighted by atomic mass is 9.78. The molecule has 0 aliphatic heterocycles. The highest BCUT2D eigenvalue weighted by Gasteiger charge is 2.33. The Bertz CT molecular complexity index is 907. The quantitative estimate of drug-likeness (QED) is 0.699. The van der Waals surface area contributed by atoms with Crippen LogP contribution in [-0.4, -0.2) is 20.6 Å². The van der Waals surface area contributed by atoms with Crippen molar-refractivity contribution >= 4 is 28.4 Å². The first-order valence-electron chi connectivity index (χ1n) is 10.3. The van der Waals surface area contributed by atoms with E-state index < -0.39 is 0 Å². The van der Waals surface area contributed by atoms with Gasteiger partial charge in [-0.15, -0.1) is 0 Å². The van der Waals surface area contributed by atoms with Gasteiger partial charge in [0.1, 0.15) is 5.78 Å². The van der Waals surface area contributed by atoms with Crippen molar-refractivity contribution in [3.8, 4) is 0 Å². The number of hydrogen-bond donors (Lipinski definition) is 0. The molecule has 0 saturated heterocycles. The number of benzene rings is 1. The largest absolute Gasteiger partial charge is 0.298 e. The molecule has 0 amide bonds. The van der Waals surface area contributed by atoms with E-state index in [1.54, 1.807) is 0 Å². The van der Waals surface area contributed by atoms with Gasteiger partial charge in [-0.25, -0.2) is 4.98 Å². The van der Waals surface area contributed by atoms with Crippen LogP contribution in [0.4, 0.5) is 0 Å². The Morgan fingerprint density at radius 1 is 1.04 bits per heavy atom. The van der Waals surface area contributed by atoms with Gasteiger partial charge in [0.25, 0.3) is 5.56 Å². The summed E-state index contributed by atoms with van der Waals surface area (Å²) in [7, 11) is 0. The predicted octanol–water partition coefficient (Wildman–Crippen LogP) is 5.00. The summed E-state index contributed by atoms with van der Waals surface area (Å²) < 4.78 is 1.94. The highest BCUT2D eigenvalue weighted by Crippen LogP contribution is 2.40. The second-order valence-corrected chi connectivity index (χ2v) is 9.41. The fraction of sp³-hybridized carbons (Fsp3) is 0.591. The molecule has 4 rings (SSSR count). The van der Waals surface area contributed by atoms with E-state index in [0.29, 0.717) is 29.4 Å². The topological polar surface area (TPSA) is 52.0 Å². The van der Waals surface area contributed by atoms with Crippen LogP contribution in [0.15, 0.2) is 34.2 Å². The standard InChI is InChI=1S/C22H28N2O2S/c1-14-8-7-11-18(15(14)2)24-21(26)16-9-3-4-10-17(16)23-22(24)27-20-13-6-5-12-19(20)25/h3-4,9-10,14-15,18,20H,5-8,11-13H2,1-2H3/t14-,15-,18-,20-/m1/s1. The summed E-state index contributed by atoms with van der Waals surface area (Å²) in [4.78, 5) is 30.7. The van der Waals surface area contributed by atoms with Crippen LogP contribution >= 0.6 is 11.8 Å². The third-order valence-electron chi connectivity index (χ3n) is 6.52. The Labute approximate surface area is 164 Å². The van der Waals surface area contributed by atoms with Gasteiger partial charge >= 0.3 is 0 Å². The molecule has 4 nitrogen and oxygen atoms in total. The van der Waals surface area contributed by atoms with Crippen LogP contribution in [-0.2, 0) is 4.79 Å². The van der Waals surface area contributed by atoms with Crippen molar-refractivity contribution in [2.75, 3.05) is 0 Å². The average molecular weight is 385 g/mol. The number of para-hydroxylation sites is 1. The van der Waals surface area contributed by atoms with E-state index in [-0.39, 0.29) is 16.9 Å². The second kappa shape index (κ2) is 7.78. The lowest BCUT2D eigenvalue weighted by Gasteiger charge is -2.36. The van der Waals surface area contributed by atoms with Crippen molar-refractivity contribution < 1.29 is 4.79 Å². The number of ketones is 1. The minimum Gasteiger partial charge on any atom is -0.298 e. The van der Waals surface area contributed by atoms with E-state index in [1.807, 2.05) is 28.8 Å². The van der Waals surface area contributed by atoms with Crippen LogP contribution in [0.2, 0.25) is 0 Å². The molecule has 2 aliphatic rings. The number of nitrogens with zero attached hydrogens (tertiary/aromatic N) is 2. The molecule has 0 unspecified atom stereocenters. The molecule has 144 valence electrons. The van der Waals surface area contributed by atoms with Crippen LogP contribution in [0.25, 0.3) is 10.9 Å². The van der Waals surface area contributed by atoms with Crippen molar-refractivity contribution in [3.63, 3.8) is 0 Å². The lowest BCUT2D eigenvalue weighted by Crippen LogP contribution is -2.36. The Kier molecular flexibility index (Phi) is 5.40. The zero-order valence-electron chi connectivity index (χ0n) is 16.2. The molecule has 4 atom stereocenters. The Morgan fingerprint density at radius 3 is 2.67 bits per heavy atom. The smallest absolute Gasteiger partial charge is 0.262 e. The van der Waals surface area contributed by atoms with Crippen molar-refractivity contribution in [3.05, 3.63) is 34.6 Å². The maximum absolute atomic E-state index is 13.4. The zero-order valence-corrected chi connectivity index (χ0v) is 17.0. The van der Waals surface area contributed by atoms with Crippen molar-refractivity contribution in [2.45, 2.75) is 75.2 Å². The maximum Gasteiger partial charge on any atom is 0.262 e. The van der Waals surface area contributed by atoms with Gasteiger partial charge in [0, 0.05) is 12.5 Å². The summed E-state index contributed by atoms with van der Waals surface area (Å²) in [5, 5.41) is 1.36. The monoisotopic (exact) mass is 384 g/mol. The van der Waals surface area contributed by atoms with Crippen LogP contribution in [0.3, 0.4) is 0 Å². The fourth-order valence-corrected chi connectivity index (χ4v) is 5.89. The van der Waals surface area contributed by atoms with Gasteiger partial charge in [0.05, 0.1) is 16.2 Å². The van der Waals surface area contributed by atoms with E-state index in [2.05, 4.69) is 13.8 Å². The lowest BCUT2D eigenvalue weighted by molar-refractivity contribution is -0.119. The Balaban J connectivity index is 1.82. The summed E-state index contributed by atoms with van der Waals surface area (Å²) in [5.41, 5.74) is 0.790. The minimum atomic E-state index is -0.0608. The van der Waals surface area contributed by atoms with Crippen LogP contribution in [0, 0.1) is 11.8 Å². The number of fused-ring (bicyclic) bond motifs is 1. The first-order valence-corrected chi connectivity index (χ1v) is 11.1. The van der Waals surface area contributed by atoms with Gasteiger partial charge in [-0.05, 0) is 43.2 Å². The van der Waals surface area contributed by atoms with Crippen molar-refractivity contribution in [1.29, 1.82) is 0 Å². The third kappa shape index (κ3) is 3.58. The molecule has 1 aromatic carbocycles. The number of hydrogen-bond acceptors (Lipinski definition) is 4. The zero-order chi connectivity index (χ0) is 19.0. The van der Waals surface area contributed by atoms with Gasteiger partial charge in [0.2, 0.25) is 0 Å². The number of aromatic nitrogens is 2. The van der Waals surface area contributed by atoms with Crippen molar-refractivity contribution in [1.82, 2.24) is 9.55 Å². The molecule has 1 heterocycles. The van der Waals surface area contributed by atoms with Crippen LogP contribution in [0.1, 0.15) is 64.8 Å². The molecule has 0 bridgehead atoms. The van der Waals surface area contributed by atoms with Gasteiger partial charge in [0.15, 0.2) is 5.16 Å². The van der Waals surface area contributed by atoms with Gasteiger partial charge in [-0.3, -0.25) is 14.2 Å². The average Bonchev–Trinajstić information content (AvgIpc) is 2.67. The maximum atomic E-state index is 13.4. The summed E-state index contributed by atoms with van der Waals surface area (Å²) in [5.74, 6) is 1.34. The number of rotatable bonds is 3. The van der Waals surface area contributed by atoms with Crippen LogP contribution in [0.5, 0.6) is 0 Å². The molecule has 2 aromatic rings. The third-order valence-corrected chi connectivity index (χ3v) is 7.80. The summed E-state index contributed by atoms with van der Waals surface area (Å²) in [6.45, 7) is 4.55. The molecule has 27 heavy (non-hydrogen) atoms. The second-order valence-electron chi connectivity index (χ2n) is 8.24. The SMILES string of the molecule is C[C@@H]1[C@H](C)CCC[C@H]1n1c(S[C@@H]2CCCCC2=O)nc2ccccc2c1=O. The van der Waals surface area contributed by atoms with E-state index >= 15 is 0 Å². The Hall–Kier alpha value is -1.62. The number of carbonyl (C=O) groups excluding carboxylic acids is 1. The van der Waals surface area contributed by atoms with E-state index in [9.17, 15) is 9.59 Å². The van der Waals surface area contributed by atoms with Gasteiger partial charge < -0.3 is 0 Å².